The van der Waals surface area contributed by atoms with Gasteiger partial charge in [0.1, 0.15) is 0 Å². The van der Waals surface area contributed by atoms with E-state index in [0.29, 0.717) is 11.1 Å². The number of rotatable bonds is 3. The molecule has 2 aromatic carbocycles. The zero-order valence-corrected chi connectivity index (χ0v) is 9.67. The van der Waals surface area contributed by atoms with Crippen molar-refractivity contribution in [1.29, 1.82) is 0 Å². The van der Waals surface area contributed by atoms with E-state index in [1.165, 1.54) is 0 Å². The van der Waals surface area contributed by atoms with Crippen LogP contribution in [0.25, 0.3) is 0 Å². The summed E-state index contributed by atoms with van der Waals surface area (Å²) in [5.41, 5.74) is 0.913. The Morgan fingerprint density at radius 2 is 1.24 bits per heavy atom. The molecule has 17 heavy (non-hydrogen) atoms. The van der Waals surface area contributed by atoms with E-state index < -0.39 is 9.92 Å². The first kappa shape index (κ1) is 11.6. The van der Waals surface area contributed by atoms with Gasteiger partial charge in [-0.3, -0.25) is 10.1 Å². The fourth-order valence-corrected chi connectivity index (χ4v) is 1.95. The summed E-state index contributed by atoms with van der Waals surface area (Å²) in [6.07, 6.45) is 0. The van der Waals surface area contributed by atoms with E-state index in [1.54, 1.807) is 60.7 Å². The van der Waals surface area contributed by atoms with E-state index in [4.69, 9.17) is 11.6 Å². The zero-order chi connectivity index (χ0) is 12.3. The minimum Gasteiger partial charge on any atom is -0.262 e. The lowest BCUT2D eigenvalue weighted by atomic mass is 9.99. The van der Waals surface area contributed by atoms with E-state index in [0.717, 1.165) is 0 Å². The highest BCUT2D eigenvalue weighted by atomic mass is 35.5. The van der Waals surface area contributed by atoms with Gasteiger partial charge in [-0.1, -0.05) is 60.7 Å². The van der Waals surface area contributed by atoms with E-state index in [1.807, 2.05) is 0 Å². The molecular weight excluding hydrogens is 238 g/mol. The maximum absolute atomic E-state index is 11.3. The molecule has 0 fully saturated rings. The number of hydrogen-bond donors (Lipinski definition) is 0. The predicted octanol–water partition coefficient (Wildman–Crippen LogP) is 3.40. The second kappa shape index (κ2) is 4.55. The van der Waals surface area contributed by atoms with E-state index in [-0.39, 0.29) is 0 Å². The molecule has 2 aromatic rings. The molecule has 0 saturated heterocycles. The van der Waals surface area contributed by atoms with Crippen LogP contribution in [-0.2, 0) is 5.00 Å². The zero-order valence-electron chi connectivity index (χ0n) is 8.92. The van der Waals surface area contributed by atoms with Crippen molar-refractivity contribution in [2.24, 2.45) is 0 Å². The Balaban J connectivity index is 2.59. The molecule has 0 radical (unpaired) electrons. The maximum atomic E-state index is 11.3. The van der Waals surface area contributed by atoms with Crippen molar-refractivity contribution in [1.82, 2.24) is 0 Å². The first-order valence-electron chi connectivity index (χ1n) is 5.10. The van der Waals surface area contributed by atoms with Gasteiger partial charge in [-0.25, -0.2) is 0 Å². The average Bonchev–Trinajstić information content (AvgIpc) is 2.39. The Hall–Kier alpha value is -1.87. The molecule has 3 nitrogen and oxygen atoms in total. The quantitative estimate of drug-likeness (QED) is 0.361. The van der Waals surface area contributed by atoms with Crippen molar-refractivity contribution in [3.05, 3.63) is 81.9 Å². The average molecular weight is 248 g/mol. The Bertz CT molecular complexity index is 474. The molecule has 0 atom stereocenters. The highest BCUT2D eigenvalue weighted by Crippen LogP contribution is 2.36. The number of nitrogens with zero attached hydrogens (tertiary/aromatic N) is 1. The molecule has 0 amide bonds. The summed E-state index contributed by atoms with van der Waals surface area (Å²) in [7, 11) is 0. The van der Waals surface area contributed by atoms with Gasteiger partial charge >= 0.3 is 5.00 Å². The minimum absolute atomic E-state index is 0.456. The van der Waals surface area contributed by atoms with Crippen LogP contribution in [0.3, 0.4) is 0 Å². The lowest BCUT2D eigenvalue weighted by Crippen LogP contribution is -2.30. The SMILES string of the molecule is O=[N+]([O-])C(Cl)(c1ccccc1)c1ccccc1. The molecule has 0 aliphatic carbocycles. The summed E-state index contributed by atoms with van der Waals surface area (Å²) >= 11 is 6.23. The Kier molecular flexibility index (Phi) is 3.11. The van der Waals surface area contributed by atoms with Crippen molar-refractivity contribution in [2.45, 2.75) is 5.00 Å². The summed E-state index contributed by atoms with van der Waals surface area (Å²) in [5, 5.41) is 11.3. The van der Waals surface area contributed by atoms with Crippen LogP contribution < -0.4 is 0 Å². The summed E-state index contributed by atoms with van der Waals surface area (Å²) in [5.74, 6) is 0. The summed E-state index contributed by atoms with van der Waals surface area (Å²) in [6, 6.07) is 17.2. The molecular formula is C13H10ClNO2. The topological polar surface area (TPSA) is 43.1 Å². The fourth-order valence-electron chi connectivity index (χ4n) is 1.70. The third kappa shape index (κ3) is 2.01. The van der Waals surface area contributed by atoms with Gasteiger partial charge in [0, 0.05) is 11.1 Å². The maximum Gasteiger partial charge on any atom is 0.345 e. The van der Waals surface area contributed by atoms with E-state index in [9.17, 15) is 10.1 Å². The first-order chi connectivity index (χ1) is 8.15. The van der Waals surface area contributed by atoms with Gasteiger partial charge in [0.2, 0.25) is 0 Å². The molecule has 0 aliphatic rings. The number of halogens is 1. The van der Waals surface area contributed by atoms with Crippen LogP contribution in [0.2, 0.25) is 0 Å². The molecule has 0 heterocycles. The molecule has 0 aromatic heterocycles. The van der Waals surface area contributed by atoms with Crippen LogP contribution in [0, 0.1) is 10.1 Å². The van der Waals surface area contributed by atoms with Gasteiger partial charge in [0.15, 0.2) is 0 Å². The second-order valence-corrected chi connectivity index (χ2v) is 4.16. The Morgan fingerprint density at radius 3 is 1.53 bits per heavy atom. The van der Waals surface area contributed by atoms with Crippen LogP contribution in [0.1, 0.15) is 11.1 Å². The Morgan fingerprint density at radius 1 is 0.882 bits per heavy atom. The van der Waals surface area contributed by atoms with Crippen molar-refractivity contribution < 1.29 is 4.92 Å². The highest BCUT2D eigenvalue weighted by molar-refractivity contribution is 6.24. The minimum atomic E-state index is -1.72. The standard InChI is InChI=1S/C13H10ClNO2/c14-13(15(16)17,11-7-3-1-4-8-11)12-9-5-2-6-10-12/h1-10H. The van der Waals surface area contributed by atoms with Gasteiger partial charge in [-0.15, -0.1) is 0 Å². The van der Waals surface area contributed by atoms with Crippen molar-refractivity contribution in [3.63, 3.8) is 0 Å². The number of benzene rings is 2. The van der Waals surface area contributed by atoms with E-state index in [2.05, 4.69) is 0 Å². The van der Waals surface area contributed by atoms with Crippen molar-refractivity contribution in [2.75, 3.05) is 0 Å². The summed E-state index contributed by atoms with van der Waals surface area (Å²) < 4.78 is 0. The van der Waals surface area contributed by atoms with Crippen molar-refractivity contribution in [3.8, 4) is 0 Å². The van der Waals surface area contributed by atoms with E-state index >= 15 is 0 Å². The number of nitro groups is 1. The van der Waals surface area contributed by atoms with Crippen molar-refractivity contribution >= 4 is 11.6 Å². The molecule has 4 heteroatoms. The van der Waals surface area contributed by atoms with Crippen LogP contribution in [0.4, 0.5) is 0 Å². The largest absolute Gasteiger partial charge is 0.345 e. The molecule has 86 valence electrons. The van der Waals surface area contributed by atoms with Gasteiger partial charge in [-0.2, -0.15) is 0 Å². The van der Waals surface area contributed by atoms with Gasteiger partial charge in [0.25, 0.3) is 0 Å². The van der Waals surface area contributed by atoms with Crippen LogP contribution in [0.15, 0.2) is 60.7 Å². The molecule has 0 spiro atoms. The smallest absolute Gasteiger partial charge is 0.262 e. The number of hydrogen-bond acceptors (Lipinski definition) is 2. The number of alkyl halides is 1. The van der Waals surface area contributed by atoms with Crippen LogP contribution in [-0.4, -0.2) is 4.92 Å². The second-order valence-electron chi connectivity index (χ2n) is 3.61. The van der Waals surface area contributed by atoms with Gasteiger partial charge in [-0.05, 0) is 11.6 Å². The Labute approximate surface area is 104 Å². The third-order valence-corrected chi connectivity index (χ3v) is 3.14. The molecule has 0 unspecified atom stereocenters. The normalized spacial score (nSPS) is 11.1. The predicted molar refractivity (Wildman–Crippen MR) is 66.5 cm³/mol. The molecule has 0 aliphatic heterocycles. The summed E-state index contributed by atoms with van der Waals surface area (Å²) in [4.78, 5) is 9.10. The monoisotopic (exact) mass is 247 g/mol. The highest BCUT2D eigenvalue weighted by Gasteiger charge is 2.44. The van der Waals surface area contributed by atoms with Crippen LogP contribution in [0.5, 0.6) is 0 Å². The van der Waals surface area contributed by atoms with Crippen LogP contribution >= 0.6 is 11.6 Å². The lowest BCUT2D eigenvalue weighted by molar-refractivity contribution is -0.537. The first-order valence-corrected chi connectivity index (χ1v) is 5.48. The molecule has 2 rings (SSSR count). The lowest BCUT2D eigenvalue weighted by Gasteiger charge is -2.18. The molecule has 0 saturated carbocycles. The third-order valence-electron chi connectivity index (χ3n) is 2.56. The molecule has 0 N–H and O–H groups in total. The summed E-state index contributed by atoms with van der Waals surface area (Å²) in [6.45, 7) is 0. The molecule has 0 bridgehead atoms. The fraction of sp³-hybridized carbons (Fsp3) is 0.0769. The van der Waals surface area contributed by atoms with Gasteiger partial charge in [0.05, 0.1) is 4.92 Å². The van der Waals surface area contributed by atoms with Gasteiger partial charge < -0.3 is 0 Å².